The molecule has 13 heavy (non-hydrogen) atoms. The molecule has 0 aliphatic rings. The van der Waals surface area contributed by atoms with E-state index in [1.807, 2.05) is 17.1 Å². The number of rotatable bonds is 5. The lowest BCUT2D eigenvalue weighted by Gasteiger charge is -2.11. The molecule has 1 aromatic rings. The summed E-state index contributed by atoms with van der Waals surface area (Å²) in [5, 5.41) is 4.20. The highest BCUT2D eigenvalue weighted by atomic mass is 32.2. The highest BCUT2D eigenvalue weighted by molar-refractivity contribution is 7.98. The lowest BCUT2D eigenvalue weighted by molar-refractivity contribution is 0.607. The molecule has 0 bridgehead atoms. The Hall–Kier alpha value is -0.520. The summed E-state index contributed by atoms with van der Waals surface area (Å²) in [6, 6.07) is 0.204. The van der Waals surface area contributed by atoms with Crippen molar-refractivity contribution in [2.24, 2.45) is 5.84 Å². The molecule has 0 radical (unpaired) electrons. The van der Waals surface area contributed by atoms with Crippen molar-refractivity contribution in [3.63, 3.8) is 0 Å². The molecule has 1 heterocycles. The van der Waals surface area contributed by atoms with Crippen molar-refractivity contribution in [1.29, 1.82) is 0 Å². The summed E-state index contributed by atoms with van der Waals surface area (Å²) in [6.07, 6.45) is 5.96. The summed E-state index contributed by atoms with van der Waals surface area (Å²) < 4.78 is 1.90. The van der Waals surface area contributed by atoms with E-state index in [-0.39, 0.29) is 6.04 Å². The Bertz CT molecular complexity index is 248. The Kier molecular flexibility index (Phi) is 4.27. The van der Waals surface area contributed by atoms with Crippen LogP contribution in [0.5, 0.6) is 0 Å². The minimum atomic E-state index is 0.204. The Labute approximate surface area is 82.8 Å². The molecule has 4 nitrogen and oxygen atoms in total. The highest BCUT2D eigenvalue weighted by Gasteiger charge is 2.10. The van der Waals surface area contributed by atoms with E-state index in [9.17, 15) is 0 Å². The molecular weight excluding hydrogens is 184 g/mol. The van der Waals surface area contributed by atoms with Crippen LogP contribution >= 0.6 is 11.8 Å². The van der Waals surface area contributed by atoms with Crippen molar-refractivity contribution < 1.29 is 0 Å². The average molecular weight is 200 g/mol. The summed E-state index contributed by atoms with van der Waals surface area (Å²) in [6.45, 7) is 2.97. The predicted molar refractivity (Wildman–Crippen MR) is 56.3 cm³/mol. The molecule has 1 rings (SSSR count). The Balaban J connectivity index is 2.67. The molecule has 1 atom stereocenters. The molecule has 0 saturated carbocycles. The molecule has 0 aliphatic carbocycles. The molecule has 0 aliphatic heterocycles. The molecule has 0 spiro atoms. The molecule has 5 heteroatoms. The number of aromatic nitrogens is 2. The molecule has 0 aromatic carbocycles. The smallest absolute Gasteiger partial charge is 0.0581 e. The number of hydrazine groups is 1. The van der Waals surface area contributed by atoms with Crippen molar-refractivity contribution in [1.82, 2.24) is 15.2 Å². The van der Waals surface area contributed by atoms with E-state index in [4.69, 9.17) is 5.84 Å². The van der Waals surface area contributed by atoms with E-state index in [1.165, 1.54) is 0 Å². The highest BCUT2D eigenvalue weighted by Crippen LogP contribution is 2.14. The first-order chi connectivity index (χ1) is 6.31. The maximum Gasteiger partial charge on any atom is 0.0581 e. The standard InChI is InChI=1S/C8H16N4S/c1-3-12-5-7(4-10-12)8(11-9)6-13-2/h4-5,8,11H,3,6,9H2,1-2H3. The largest absolute Gasteiger partial charge is 0.273 e. The van der Waals surface area contributed by atoms with Crippen LogP contribution in [0.3, 0.4) is 0 Å². The maximum absolute atomic E-state index is 5.44. The van der Waals surface area contributed by atoms with Gasteiger partial charge in [-0.2, -0.15) is 16.9 Å². The van der Waals surface area contributed by atoms with Crippen LogP contribution < -0.4 is 11.3 Å². The average Bonchev–Trinajstić information content (AvgIpc) is 2.62. The maximum atomic E-state index is 5.44. The monoisotopic (exact) mass is 200 g/mol. The van der Waals surface area contributed by atoms with Gasteiger partial charge in [-0.1, -0.05) is 0 Å². The quantitative estimate of drug-likeness (QED) is 0.544. The van der Waals surface area contributed by atoms with E-state index in [2.05, 4.69) is 23.7 Å². The fraction of sp³-hybridized carbons (Fsp3) is 0.625. The van der Waals surface area contributed by atoms with E-state index in [1.54, 1.807) is 11.8 Å². The van der Waals surface area contributed by atoms with Gasteiger partial charge < -0.3 is 0 Å². The Morgan fingerprint density at radius 1 is 1.77 bits per heavy atom. The predicted octanol–water partition coefficient (Wildman–Crippen LogP) is 0.770. The normalized spacial score (nSPS) is 13.2. The van der Waals surface area contributed by atoms with Gasteiger partial charge in [0.1, 0.15) is 0 Å². The molecule has 1 unspecified atom stereocenters. The van der Waals surface area contributed by atoms with Crippen LogP contribution in [0.2, 0.25) is 0 Å². The topological polar surface area (TPSA) is 55.9 Å². The zero-order valence-electron chi connectivity index (χ0n) is 8.03. The summed E-state index contributed by atoms with van der Waals surface area (Å²) in [5.41, 5.74) is 3.93. The van der Waals surface area contributed by atoms with Crippen molar-refractivity contribution >= 4 is 11.8 Å². The second-order valence-corrected chi connectivity index (χ2v) is 3.71. The van der Waals surface area contributed by atoms with Crippen molar-refractivity contribution in [2.45, 2.75) is 19.5 Å². The Morgan fingerprint density at radius 2 is 2.54 bits per heavy atom. The molecule has 0 saturated heterocycles. The minimum Gasteiger partial charge on any atom is -0.273 e. The van der Waals surface area contributed by atoms with Gasteiger partial charge in [0.05, 0.1) is 12.2 Å². The molecule has 0 fully saturated rings. The van der Waals surface area contributed by atoms with Gasteiger partial charge in [0.15, 0.2) is 0 Å². The number of nitrogens with two attached hydrogens (primary N) is 1. The van der Waals surface area contributed by atoms with Crippen LogP contribution in [0, 0.1) is 0 Å². The van der Waals surface area contributed by atoms with E-state index in [0.29, 0.717) is 0 Å². The van der Waals surface area contributed by atoms with Crippen molar-refractivity contribution in [3.8, 4) is 0 Å². The van der Waals surface area contributed by atoms with Gasteiger partial charge in [-0.15, -0.1) is 0 Å². The number of nitrogens with one attached hydrogen (secondary N) is 1. The second kappa shape index (κ2) is 5.26. The number of aryl methyl sites for hydroxylation is 1. The number of nitrogens with zero attached hydrogens (tertiary/aromatic N) is 2. The van der Waals surface area contributed by atoms with Crippen LogP contribution in [0.4, 0.5) is 0 Å². The SMILES string of the molecule is CCn1cc(C(CSC)NN)cn1. The van der Waals surface area contributed by atoms with Gasteiger partial charge in [-0.3, -0.25) is 16.0 Å². The summed E-state index contributed by atoms with van der Waals surface area (Å²) >= 11 is 1.77. The summed E-state index contributed by atoms with van der Waals surface area (Å²) in [7, 11) is 0. The van der Waals surface area contributed by atoms with E-state index in [0.717, 1.165) is 17.9 Å². The van der Waals surface area contributed by atoms with E-state index >= 15 is 0 Å². The van der Waals surface area contributed by atoms with Gasteiger partial charge in [0.2, 0.25) is 0 Å². The third kappa shape index (κ3) is 2.72. The third-order valence-corrected chi connectivity index (χ3v) is 2.58. The van der Waals surface area contributed by atoms with Crippen molar-refractivity contribution in [3.05, 3.63) is 18.0 Å². The molecule has 74 valence electrons. The van der Waals surface area contributed by atoms with Crippen LogP contribution in [0.1, 0.15) is 18.5 Å². The lowest BCUT2D eigenvalue weighted by atomic mass is 10.2. The van der Waals surface area contributed by atoms with Gasteiger partial charge in [-0.25, -0.2) is 0 Å². The molecule has 3 N–H and O–H groups in total. The fourth-order valence-corrected chi connectivity index (χ4v) is 1.76. The van der Waals surface area contributed by atoms with Crippen LogP contribution in [0.25, 0.3) is 0 Å². The molecular formula is C8H16N4S. The fourth-order valence-electron chi connectivity index (χ4n) is 1.14. The first-order valence-corrected chi connectivity index (χ1v) is 5.68. The number of hydrogen-bond donors (Lipinski definition) is 2. The summed E-state index contributed by atoms with van der Waals surface area (Å²) in [4.78, 5) is 0. The minimum absolute atomic E-state index is 0.204. The van der Waals surface area contributed by atoms with Crippen LogP contribution in [-0.4, -0.2) is 21.8 Å². The van der Waals surface area contributed by atoms with Crippen molar-refractivity contribution in [2.75, 3.05) is 12.0 Å². The molecule has 1 aromatic heterocycles. The van der Waals surface area contributed by atoms with Gasteiger partial charge in [0.25, 0.3) is 0 Å². The number of hydrogen-bond acceptors (Lipinski definition) is 4. The van der Waals surface area contributed by atoms with Crippen LogP contribution in [-0.2, 0) is 6.54 Å². The number of thioether (sulfide) groups is 1. The zero-order valence-corrected chi connectivity index (χ0v) is 8.84. The third-order valence-electron chi connectivity index (χ3n) is 1.91. The lowest BCUT2D eigenvalue weighted by Crippen LogP contribution is -2.29. The van der Waals surface area contributed by atoms with Gasteiger partial charge in [-0.05, 0) is 13.2 Å². The van der Waals surface area contributed by atoms with E-state index < -0.39 is 0 Å². The van der Waals surface area contributed by atoms with Gasteiger partial charge in [0, 0.05) is 24.1 Å². The first kappa shape index (κ1) is 10.6. The first-order valence-electron chi connectivity index (χ1n) is 4.29. The second-order valence-electron chi connectivity index (χ2n) is 2.80. The van der Waals surface area contributed by atoms with Crippen LogP contribution in [0.15, 0.2) is 12.4 Å². The van der Waals surface area contributed by atoms with Gasteiger partial charge >= 0.3 is 0 Å². The molecule has 0 amide bonds. The Morgan fingerprint density at radius 3 is 3.00 bits per heavy atom. The zero-order chi connectivity index (χ0) is 9.68. The summed E-state index contributed by atoms with van der Waals surface area (Å²) in [5.74, 6) is 6.41.